The zero-order valence-corrected chi connectivity index (χ0v) is 5.54. The average molecular weight is 181 g/mol. The van der Waals surface area contributed by atoms with Gasteiger partial charge in [-0.1, -0.05) is 0 Å². The number of hydrogen-bond donors (Lipinski definition) is 0. The molecule has 5 heteroatoms. The van der Waals surface area contributed by atoms with Crippen LogP contribution >= 0.6 is 0 Å². The monoisotopic (exact) mass is 181 g/mol. The molecule has 0 fully saturated rings. The minimum atomic E-state index is -4.69. The summed E-state index contributed by atoms with van der Waals surface area (Å²) in [6.45, 7) is 0. The zero-order chi connectivity index (χ0) is 9.35. The van der Waals surface area contributed by atoms with Crippen LogP contribution in [0.2, 0.25) is 0 Å². The Bertz CT molecular complexity index is 288. The first kappa shape index (κ1) is 8.96. The molecule has 0 aliphatic carbocycles. The fraction of sp³-hybridized carbons (Fsp3) is 0.143. The molecule has 0 aliphatic heterocycles. The van der Waals surface area contributed by atoms with Gasteiger partial charge in [0.15, 0.2) is 11.6 Å². The fourth-order valence-corrected chi connectivity index (χ4v) is 0.615. The van der Waals surface area contributed by atoms with Gasteiger partial charge in [0.25, 0.3) is 0 Å². The van der Waals surface area contributed by atoms with Gasteiger partial charge >= 0.3 is 6.18 Å². The molecule has 1 radical (unpaired) electrons. The quantitative estimate of drug-likeness (QED) is 0.540. The topological polar surface area (TPSA) is 0 Å². The summed E-state index contributed by atoms with van der Waals surface area (Å²) in [4.78, 5) is 0. The molecule has 0 heterocycles. The molecule has 0 atom stereocenters. The molecule has 0 bridgehead atoms. The lowest BCUT2D eigenvalue weighted by Gasteiger charge is -2.04. The Morgan fingerprint density at radius 3 is 2.08 bits per heavy atom. The molecule has 0 aromatic heterocycles. The Kier molecular flexibility index (Phi) is 2.04. The number of benzene rings is 1. The van der Waals surface area contributed by atoms with Gasteiger partial charge in [0, 0.05) is 6.07 Å². The summed E-state index contributed by atoms with van der Waals surface area (Å²) in [5, 5.41) is 0. The maximum absolute atomic E-state index is 12.2. The predicted molar refractivity (Wildman–Crippen MR) is 30.2 cm³/mol. The van der Waals surface area contributed by atoms with Crippen LogP contribution in [0.4, 0.5) is 22.0 Å². The van der Waals surface area contributed by atoms with Crippen LogP contribution in [0, 0.1) is 17.7 Å². The highest BCUT2D eigenvalue weighted by atomic mass is 19.4. The van der Waals surface area contributed by atoms with Crippen LogP contribution in [0.25, 0.3) is 0 Å². The predicted octanol–water partition coefficient (Wildman–Crippen LogP) is 2.78. The van der Waals surface area contributed by atoms with Crippen molar-refractivity contribution in [2.75, 3.05) is 0 Å². The Morgan fingerprint density at radius 2 is 1.67 bits per heavy atom. The van der Waals surface area contributed by atoms with Gasteiger partial charge in [-0.2, -0.15) is 13.2 Å². The Hall–Kier alpha value is -1.13. The number of alkyl halides is 3. The molecule has 0 saturated heterocycles. The van der Waals surface area contributed by atoms with Crippen molar-refractivity contribution in [3.63, 3.8) is 0 Å². The molecule has 0 unspecified atom stereocenters. The standard InChI is InChI=1S/C7H2F5/c8-5-2-1-4(3-6(5)9)7(10,11)12/h1-2H. The average Bonchev–Trinajstić information content (AvgIpc) is 1.92. The first-order valence-corrected chi connectivity index (χ1v) is 2.86. The van der Waals surface area contributed by atoms with Crippen molar-refractivity contribution in [3.8, 4) is 0 Å². The number of hydrogen-bond acceptors (Lipinski definition) is 0. The van der Waals surface area contributed by atoms with Crippen molar-refractivity contribution in [2.45, 2.75) is 6.18 Å². The molecule has 0 nitrogen and oxygen atoms in total. The van der Waals surface area contributed by atoms with Gasteiger partial charge in [-0.3, -0.25) is 0 Å². The van der Waals surface area contributed by atoms with Crippen molar-refractivity contribution in [1.82, 2.24) is 0 Å². The summed E-state index contributed by atoms with van der Waals surface area (Å²) in [6.07, 6.45) is -4.69. The third-order valence-corrected chi connectivity index (χ3v) is 1.16. The molecular weight excluding hydrogens is 179 g/mol. The van der Waals surface area contributed by atoms with Gasteiger partial charge in [-0.05, 0) is 12.1 Å². The molecule has 1 rings (SSSR count). The highest BCUT2D eigenvalue weighted by Gasteiger charge is 2.31. The van der Waals surface area contributed by atoms with Crippen molar-refractivity contribution in [3.05, 3.63) is 35.4 Å². The van der Waals surface area contributed by atoms with Crippen LogP contribution < -0.4 is 0 Å². The maximum Gasteiger partial charge on any atom is 0.417 e. The minimum Gasteiger partial charge on any atom is -0.204 e. The Balaban J connectivity index is 3.14. The number of rotatable bonds is 0. The lowest BCUT2D eigenvalue weighted by atomic mass is 10.2. The van der Waals surface area contributed by atoms with Gasteiger partial charge in [0.2, 0.25) is 0 Å². The molecule has 0 N–H and O–H groups in total. The molecule has 1 aromatic rings. The summed E-state index contributed by atoms with van der Waals surface area (Å²) in [5.41, 5.74) is -1.32. The van der Waals surface area contributed by atoms with Crippen LogP contribution in [-0.4, -0.2) is 0 Å². The summed E-state index contributed by atoms with van der Waals surface area (Å²) < 4.78 is 59.6. The second-order valence-corrected chi connectivity index (χ2v) is 2.03. The van der Waals surface area contributed by atoms with E-state index in [1.54, 1.807) is 0 Å². The number of halogens is 5. The summed E-state index contributed by atoms with van der Waals surface area (Å²) in [6, 6.07) is 2.09. The van der Waals surface area contributed by atoms with E-state index in [0.29, 0.717) is 12.1 Å². The smallest absolute Gasteiger partial charge is 0.204 e. The largest absolute Gasteiger partial charge is 0.417 e. The second kappa shape index (κ2) is 2.73. The van der Waals surface area contributed by atoms with E-state index in [2.05, 4.69) is 0 Å². The van der Waals surface area contributed by atoms with Gasteiger partial charge in [-0.25, -0.2) is 8.78 Å². The van der Waals surface area contributed by atoms with Gasteiger partial charge < -0.3 is 0 Å². The SMILES string of the molecule is Fc1[c]c(C(F)(F)F)ccc1F. The van der Waals surface area contributed by atoms with Crippen molar-refractivity contribution >= 4 is 0 Å². The van der Waals surface area contributed by atoms with Gasteiger partial charge in [-0.15, -0.1) is 0 Å². The van der Waals surface area contributed by atoms with E-state index in [4.69, 9.17) is 0 Å². The lowest BCUT2D eigenvalue weighted by molar-refractivity contribution is -0.138. The normalized spacial score (nSPS) is 11.8. The van der Waals surface area contributed by atoms with Crippen LogP contribution in [0.1, 0.15) is 5.56 Å². The molecular formula is C7H2F5. The molecule has 65 valence electrons. The molecule has 12 heavy (non-hydrogen) atoms. The highest BCUT2D eigenvalue weighted by molar-refractivity contribution is 5.18. The third kappa shape index (κ3) is 1.72. The van der Waals surface area contributed by atoms with E-state index in [0.717, 1.165) is 0 Å². The summed E-state index contributed by atoms with van der Waals surface area (Å²) in [5.74, 6) is -2.96. The third-order valence-electron chi connectivity index (χ3n) is 1.16. The zero-order valence-electron chi connectivity index (χ0n) is 5.54. The molecule has 1 aromatic carbocycles. The maximum atomic E-state index is 12.2. The van der Waals surface area contributed by atoms with E-state index in [1.807, 2.05) is 0 Å². The minimum absolute atomic E-state index is 0.411. The highest BCUT2D eigenvalue weighted by Crippen LogP contribution is 2.29. The van der Waals surface area contributed by atoms with Gasteiger partial charge in [0.05, 0.1) is 5.56 Å². The molecule has 0 amide bonds. The van der Waals surface area contributed by atoms with Crippen molar-refractivity contribution in [1.29, 1.82) is 0 Å². The van der Waals surface area contributed by atoms with Crippen LogP contribution in [0.15, 0.2) is 12.1 Å². The van der Waals surface area contributed by atoms with Crippen LogP contribution in [0.5, 0.6) is 0 Å². The van der Waals surface area contributed by atoms with E-state index >= 15 is 0 Å². The van der Waals surface area contributed by atoms with E-state index < -0.39 is 23.4 Å². The molecule has 0 saturated carbocycles. The fourth-order valence-electron chi connectivity index (χ4n) is 0.615. The first-order chi connectivity index (χ1) is 5.41. The molecule has 0 spiro atoms. The van der Waals surface area contributed by atoms with E-state index in [9.17, 15) is 22.0 Å². The van der Waals surface area contributed by atoms with Crippen molar-refractivity contribution in [2.24, 2.45) is 0 Å². The summed E-state index contributed by atoms with van der Waals surface area (Å²) in [7, 11) is 0. The van der Waals surface area contributed by atoms with Crippen molar-refractivity contribution < 1.29 is 22.0 Å². The molecule has 0 aliphatic rings. The lowest BCUT2D eigenvalue weighted by Crippen LogP contribution is -2.06. The Labute approximate surface area is 64.6 Å². The van der Waals surface area contributed by atoms with Gasteiger partial charge in [0.1, 0.15) is 0 Å². The first-order valence-electron chi connectivity index (χ1n) is 2.86. The van der Waals surface area contributed by atoms with Crippen LogP contribution in [0.3, 0.4) is 0 Å². The van der Waals surface area contributed by atoms with E-state index in [1.165, 1.54) is 6.07 Å². The summed E-state index contributed by atoms with van der Waals surface area (Å²) >= 11 is 0. The Morgan fingerprint density at radius 1 is 1.08 bits per heavy atom. The van der Waals surface area contributed by atoms with E-state index in [-0.39, 0.29) is 0 Å². The second-order valence-electron chi connectivity index (χ2n) is 2.03. The van der Waals surface area contributed by atoms with Crippen LogP contribution in [-0.2, 0) is 6.18 Å².